The van der Waals surface area contributed by atoms with Gasteiger partial charge in [-0.1, -0.05) is 13.8 Å². The molecule has 0 aromatic rings. The summed E-state index contributed by atoms with van der Waals surface area (Å²) in [7, 11) is 0. The molecule has 2 nitrogen and oxygen atoms in total. The summed E-state index contributed by atoms with van der Waals surface area (Å²) < 4.78 is 35.8. The molecule has 0 aromatic carbocycles. The van der Waals surface area contributed by atoms with Gasteiger partial charge in [0, 0.05) is 6.04 Å². The zero-order valence-corrected chi connectivity index (χ0v) is 7.23. The molecule has 0 heterocycles. The summed E-state index contributed by atoms with van der Waals surface area (Å²) >= 11 is 0. The van der Waals surface area contributed by atoms with Crippen molar-refractivity contribution in [2.45, 2.75) is 38.5 Å². The summed E-state index contributed by atoms with van der Waals surface area (Å²) in [4.78, 5) is 0. The molecule has 0 unspecified atom stereocenters. The standard InChI is InChI=1S/C7H15F3N2/c1-4(2)3-5(11)6(12)7(8,9)10/h4-6H,3,11-12H2,1-2H3/t5-,6-/m0/s1. The van der Waals surface area contributed by atoms with Crippen LogP contribution in [0.3, 0.4) is 0 Å². The van der Waals surface area contributed by atoms with Gasteiger partial charge in [0.05, 0.1) is 0 Å². The smallest absolute Gasteiger partial charge is 0.326 e. The first kappa shape index (κ1) is 11.7. The molecule has 0 aliphatic rings. The Morgan fingerprint density at radius 1 is 1.17 bits per heavy atom. The Morgan fingerprint density at radius 3 is 1.83 bits per heavy atom. The summed E-state index contributed by atoms with van der Waals surface area (Å²) in [5.41, 5.74) is 10.2. The van der Waals surface area contributed by atoms with Gasteiger partial charge >= 0.3 is 6.18 Å². The van der Waals surface area contributed by atoms with E-state index in [2.05, 4.69) is 0 Å². The third-order valence-corrected chi connectivity index (χ3v) is 1.58. The monoisotopic (exact) mass is 184 g/mol. The molecule has 2 atom stereocenters. The molecule has 0 aliphatic heterocycles. The maximum atomic E-state index is 11.9. The molecule has 74 valence electrons. The minimum atomic E-state index is -4.38. The van der Waals surface area contributed by atoms with Crippen LogP contribution in [0, 0.1) is 5.92 Å². The van der Waals surface area contributed by atoms with Gasteiger partial charge in [-0.3, -0.25) is 0 Å². The summed E-state index contributed by atoms with van der Waals surface area (Å²) in [5, 5.41) is 0. The summed E-state index contributed by atoms with van der Waals surface area (Å²) in [6.07, 6.45) is -4.09. The van der Waals surface area contributed by atoms with E-state index < -0.39 is 18.3 Å². The third kappa shape index (κ3) is 3.92. The van der Waals surface area contributed by atoms with Crippen molar-refractivity contribution in [1.29, 1.82) is 0 Å². The van der Waals surface area contributed by atoms with E-state index in [0.29, 0.717) is 6.42 Å². The van der Waals surface area contributed by atoms with Gasteiger partial charge in [-0.15, -0.1) is 0 Å². The molecular formula is C7H15F3N2. The number of hydrogen-bond donors (Lipinski definition) is 2. The predicted octanol–water partition coefficient (Wildman–Crippen LogP) is 1.25. The van der Waals surface area contributed by atoms with Crippen LogP contribution >= 0.6 is 0 Å². The Labute approximate surface area is 70.1 Å². The largest absolute Gasteiger partial charge is 0.405 e. The lowest BCUT2D eigenvalue weighted by Crippen LogP contribution is -2.51. The van der Waals surface area contributed by atoms with Crippen molar-refractivity contribution in [3.05, 3.63) is 0 Å². The molecule has 0 rings (SSSR count). The molecule has 12 heavy (non-hydrogen) atoms. The van der Waals surface area contributed by atoms with Gasteiger partial charge in [0.2, 0.25) is 0 Å². The van der Waals surface area contributed by atoms with Crippen LogP contribution in [0.15, 0.2) is 0 Å². The lowest BCUT2D eigenvalue weighted by molar-refractivity contribution is -0.152. The third-order valence-electron chi connectivity index (χ3n) is 1.58. The average molecular weight is 184 g/mol. The minimum absolute atomic E-state index is 0.133. The molecule has 0 radical (unpaired) electrons. The van der Waals surface area contributed by atoms with Crippen LogP contribution in [0.25, 0.3) is 0 Å². The van der Waals surface area contributed by atoms with Crippen molar-refractivity contribution in [3.8, 4) is 0 Å². The number of nitrogens with two attached hydrogens (primary N) is 2. The van der Waals surface area contributed by atoms with Crippen LogP contribution < -0.4 is 11.5 Å². The normalized spacial score (nSPS) is 18.0. The van der Waals surface area contributed by atoms with E-state index in [1.54, 1.807) is 0 Å². The first-order valence-electron chi connectivity index (χ1n) is 3.83. The quantitative estimate of drug-likeness (QED) is 0.693. The fraction of sp³-hybridized carbons (Fsp3) is 1.00. The highest BCUT2D eigenvalue weighted by atomic mass is 19.4. The zero-order valence-electron chi connectivity index (χ0n) is 7.23. The van der Waals surface area contributed by atoms with Gasteiger partial charge in [0.15, 0.2) is 0 Å². The van der Waals surface area contributed by atoms with Gasteiger partial charge < -0.3 is 11.5 Å². The van der Waals surface area contributed by atoms with Crippen LogP contribution in [-0.2, 0) is 0 Å². The highest BCUT2D eigenvalue weighted by Crippen LogP contribution is 2.22. The summed E-state index contributed by atoms with van der Waals surface area (Å²) in [6, 6.07) is -2.90. The van der Waals surface area contributed by atoms with Crippen molar-refractivity contribution >= 4 is 0 Å². The topological polar surface area (TPSA) is 52.0 Å². The SMILES string of the molecule is CC(C)C[C@H](N)[C@H](N)C(F)(F)F. The van der Waals surface area contributed by atoms with Crippen molar-refractivity contribution in [2.24, 2.45) is 17.4 Å². The van der Waals surface area contributed by atoms with Gasteiger partial charge in [0.1, 0.15) is 6.04 Å². The number of halogens is 3. The Kier molecular flexibility index (Phi) is 3.99. The lowest BCUT2D eigenvalue weighted by atomic mass is 9.98. The molecule has 0 aromatic heterocycles. The maximum Gasteiger partial charge on any atom is 0.405 e. The first-order chi connectivity index (χ1) is 5.25. The molecule has 0 saturated carbocycles. The summed E-state index contributed by atoms with van der Waals surface area (Å²) in [6.45, 7) is 3.62. The van der Waals surface area contributed by atoms with E-state index in [1.165, 1.54) is 0 Å². The van der Waals surface area contributed by atoms with Crippen LogP contribution in [0.2, 0.25) is 0 Å². The van der Waals surface area contributed by atoms with Crippen LogP contribution in [0.4, 0.5) is 13.2 Å². The second kappa shape index (κ2) is 4.09. The van der Waals surface area contributed by atoms with E-state index in [-0.39, 0.29) is 5.92 Å². The zero-order chi connectivity index (χ0) is 9.94. The minimum Gasteiger partial charge on any atom is -0.326 e. The van der Waals surface area contributed by atoms with Crippen molar-refractivity contribution in [1.82, 2.24) is 0 Å². The van der Waals surface area contributed by atoms with E-state index >= 15 is 0 Å². The second-order valence-electron chi connectivity index (χ2n) is 3.36. The number of alkyl halides is 3. The molecule has 0 bridgehead atoms. The van der Waals surface area contributed by atoms with Crippen molar-refractivity contribution in [2.75, 3.05) is 0 Å². The van der Waals surface area contributed by atoms with E-state index in [1.807, 2.05) is 13.8 Å². The molecule has 0 spiro atoms. The fourth-order valence-corrected chi connectivity index (χ4v) is 0.934. The van der Waals surface area contributed by atoms with Crippen molar-refractivity contribution < 1.29 is 13.2 Å². The Bertz CT molecular complexity index is 133. The predicted molar refractivity (Wildman–Crippen MR) is 41.5 cm³/mol. The molecule has 4 N–H and O–H groups in total. The highest BCUT2D eigenvalue weighted by molar-refractivity contribution is 4.82. The molecular weight excluding hydrogens is 169 g/mol. The average Bonchev–Trinajstić information content (AvgIpc) is 1.82. The van der Waals surface area contributed by atoms with Crippen LogP contribution in [-0.4, -0.2) is 18.3 Å². The Balaban J connectivity index is 4.01. The second-order valence-corrected chi connectivity index (χ2v) is 3.36. The van der Waals surface area contributed by atoms with Crippen molar-refractivity contribution in [3.63, 3.8) is 0 Å². The van der Waals surface area contributed by atoms with E-state index in [9.17, 15) is 13.2 Å². The maximum absolute atomic E-state index is 11.9. The van der Waals surface area contributed by atoms with Gasteiger partial charge in [-0.05, 0) is 12.3 Å². The number of rotatable bonds is 3. The first-order valence-corrected chi connectivity index (χ1v) is 3.83. The summed E-state index contributed by atoms with van der Waals surface area (Å²) in [5.74, 6) is 0.133. The molecule has 0 amide bonds. The van der Waals surface area contributed by atoms with Gasteiger partial charge in [-0.25, -0.2) is 0 Å². The fourth-order valence-electron chi connectivity index (χ4n) is 0.934. The number of hydrogen-bond acceptors (Lipinski definition) is 2. The van der Waals surface area contributed by atoms with E-state index in [0.717, 1.165) is 0 Å². The van der Waals surface area contributed by atoms with Gasteiger partial charge in [0.25, 0.3) is 0 Å². The Morgan fingerprint density at radius 2 is 1.58 bits per heavy atom. The highest BCUT2D eigenvalue weighted by Gasteiger charge is 2.40. The lowest BCUT2D eigenvalue weighted by Gasteiger charge is -2.23. The van der Waals surface area contributed by atoms with E-state index in [4.69, 9.17) is 11.5 Å². The molecule has 0 saturated heterocycles. The molecule has 0 aliphatic carbocycles. The Hall–Kier alpha value is -0.290. The molecule has 5 heteroatoms. The van der Waals surface area contributed by atoms with Gasteiger partial charge in [-0.2, -0.15) is 13.2 Å². The van der Waals surface area contributed by atoms with Crippen LogP contribution in [0.1, 0.15) is 20.3 Å². The van der Waals surface area contributed by atoms with Crippen LogP contribution in [0.5, 0.6) is 0 Å². The molecule has 0 fully saturated rings.